The number of carbonyl (C=O) groups excluding carboxylic acids is 2. The van der Waals surface area contributed by atoms with Gasteiger partial charge < -0.3 is 15.5 Å². The first-order valence-electron chi connectivity index (χ1n) is 9.56. The van der Waals surface area contributed by atoms with Gasteiger partial charge in [-0.1, -0.05) is 24.3 Å². The van der Waals surface area contributed by atoms with Crippen molar-refractivity contribution in [3.8, 4) is 0 Å². The maximum Gasteiger partial charge on any atom is 0.238 e. The maximum absolute atomic E-state index is 12.4. The van der Waals surface area contributed by atoms with Crippen LogP contribution < -0.4 is 21.5 Å². The van der Waals surface area contributed by atoms with E-state index in [0.717, 1.165) is 19.5 Å². The number of hydrogen-bond acceptors (Lipinski definition) is 5. The Morgan fingerprint density at radius 2 is 1.92 bits per heavy atom. The average molecular weight is 357 g/mol. The number of nitrogens with one attached hydrogen (secondary N) is 4. The first-order valence-corrected chi connectivity index (χ1v) is 9.56. The minimum absolute atomic E-state index is 0.0229. The Labute approximate surface area is 153 Å². The fourth-order valence-corrected chi connectivity index (χ4v) is 4.20. The van der Waals surface area contributed by atoms with Gasteiger partial charge in [0.2, 0.25) is 11.8 Å². The Morgan fingerprint density at radius 1 is 1.15 bits per heavy atom. The second-order valence-electron chi connectivity index (χ2n) is 7.44. The van der Waals surface area contributed by atoms with Gasteiger partial charge in [0.25, 0.3) is 0 Å². The van der Waals surface area contributed by atoms with Crippen LogP contribution in [0.1, 0.15) is 30.4 Å². The van der Waals surface area contributed by atoms with Gasteiger partial charge in [0.05, 0.1) is 0 Å². The normalized spacial score (nSPS) is 27.1. The lowest BCUT2D eigenvalue weighted by atomic mass is 9.89. The number of benzene rings is 1. The number of fused-ring (bicyclic) bond motifs is 2. The van der Waals surface area contributed by atoms with E-state index >= 15 is 0 Å². The van der Waals surface area contributed by atoms with Crippen molar-refractivity contribution in [1.29, 1.82) is 0 Å². The van der Waals surface area contributed by atoms with E-state index in [1.54, 1.807) is 0 Å². The summed E-state index contributed by atoms with van der Waals surface area (Å²) in [5.41, 5.74) is 8.84. The van der Waals surface area contributed by atoms with Crippen molar-refractivity contribution in [2.24, 2.45) is 5.92 Å². The molecule has 2 saturated heterocycles. The topological polar surface area (TPSA) is 85.5 Å². The summed E-state index contributed by atoms with van der Waals surface area (Å²) in [6.07, 6.45) is 2.18. The van der Waals surface area contributed by atoms with Crippen molar-refractivity contribution < 1.29 is 9.59 Å². The lowest BCUT2D eigenvalue weighted by Crippen LogP contribution is -2.49. The monoisotopic (exact) mass is 357 g/mol. The molecule has 0 aliphatic carbocycles. The maximum atomic E-state index is 12.4. The Balaban J connectivity index is 1.17. The van der Waals surface area contributed by atoms with Crippen LogP contribution in [-0.4, -0.2) is 48.4 Å². The van der Waals surface area contributed by atoms with Crippen molar-refractivity contribution in [1.82, 2.24) is 26.4 Å². The van der Waals surface area contributed by atoms with E-state index in [-0.39, 0.29) is 23.8 Å². The molecule has 7 nitrogen and oxygen atoms in total. The highest BCUT2D eigenvalue weighted by atomic mass is 16.2. The molecule has 3 aliphatic rings. The molecule has 0 spiro atoms. The molecule has 2 fully saturated rings. The average Bonchev–Trinajstić information content (AvgIpc) is 3.29. The van der Waals surface area contributed by atoms with Crippen LogP contribution in [0.15, 0.2) is 24.3 Å². The first-order chi connectivity index (χ1) is 12.7. The highest BCUT2D eigenvalue weighted by Gasteiger charge is 2.40. The molecule has 3 heterocycles. The van der Waals surface area contributed by atoms with E-state index in [2.05, 4.69) is 33.6 Å². The van der Waals surface area contributed by atoms with Gasteiger partial charge in [-0.15, -0.1) is 0 Å². The van der Waals surface area contributed by atoms with Crippen molar-refractivity contribution in [2.45, 2.75) is 44.4 Å². The van der Waals surface area contributed by atoms with E-state index < -0.39 is 0 Å². The van der Waals surface area contributed by atoms with E-state index in [9.17, 15) is 9.59 Å². The molecular weight excluding hydrogens is 330 g/mol. The van der Waals surface area contributed by atoms with E-state index in [4.69, 9.17) is 0 Å². The minimum Gasteiger partial charge on any atom is -0.355 e. The molecule has 3 unspecified atom stereocenters. The molecule has 3 aliphatic heterocycles. The van der Waals surface area contributed by atoms with Crippen LogP contribution in [0.2, 0.25) is 0 Å². The molecule has 7 heteroatoms. The zero-order valence-corrected chi connectivity index (χ0v) is 15.0. The molecular formula is C19H27N5O2. The molecule has 2 amide bonds. The molecule has 140 valence electrons. The number of hydrazine groups is 1. The number of rotatable bonds is 5. The number of nitrogens with zero attached hydrogens (tertiary/aromatic N) is 1. The molecule has 3 atom stereocenters. The lowest BCUT2D eigenvalue weighted by Gasteiger charge is -2.27. The van der Waals surface area contributed by atoms with Gasteiger partial charge in [-0.05, 0) is 30.5 Å². The van der Waals surface area contributed by atoms with Crippen molar-refractivity contribution in [2.75, 3.05) is 19.6 Å². The molecule has 0 bridgehead atoms. The molecule has 4 rings (SSSR count). The van der Waals surface area contributed by atoms with Gasteiger partial charge in [-0.25, -0.2) is 5.43 Å². The highest BCUT2D eigenvalue weighted by Crippen LogP contribution is 2.23. The molecule has 0 radical (unpaired) electrons. The van der Waals surface area contributed by atoms with Gasteiger partial charge in [0.15, 0.2) is 0 Å². The lowest BCUT2D eigenvalue weighted by molar-refractivity contribution is -0.132. The third-order valence-electron chi connectivity index (χ3n) is 5.72. The van der Waals surface area contributed by atoms with Crippen LogP contribution in [0.5, 0.6) is 0 Å². The third kappa shape index (κ3) is 3.60. The SMILES string of the molecule is O=C(NCCCC(=O)N1Cc2ccccc2C1)C1NNC2CCNCC21. The number of carbonyl (C=O) groups is 2. The predicted molar refractivity (Wildman–Crippen MR) is 97.8 cm³/mol. The van der Waals surface area contributed by atoms with Crippen molar-refractivity contribution in [3.05, 3.63) is 35.4 Å². The Morgan fingerprint density at radius 3 is 2.69 bits per heavy atom. The Bertz CT molecular complexity index is 655. The van der Waals surface area contributed by atoms with Crippen LogP contribution in [0.3, 0.4) is 0 Å². The second-order valence-corrected chi connectivity index (χ2v) is 7.44. The minimum atomic E-state index is -0.198. The van der Waals surface area contributed by atoms with Gasteiger partial charge in [-0.2, -0.15) is 0 Å². The smallest absolute Gasteiger partial charge is 0.238 e. The molecule has 1 aromatic carbocycles. The zero-order chi connectivity index (χ0) is 17.9. The molecule has 4 N–H and O–H groups in total. The number of hydrogen-bond donors (Lipinski definition) is 4. The van der Waals surface area contributed by atoms with E-state index in [1.807, 2.05) is 17.0 Å². The molecule has 0 aromatic heterocycles. The summed E-state index contributed by atoms with van der Waals surface area (Å²) < 4.78 is 0. The summed E-state index contributed by atoms with van der Waals surface area (Å²) in [5, 5.41) is 6.33. The van der Waals surface area contributed by atoms with Crippen molar-refractivity contribution in [3.63, 3.8) is 0 Å². The van der Waals surface area contributed by atoms with E-state index in [1.165, 1.54) is 11.1 Å². The van der Waals surface area contributed by atoms with Crippen LogP contribution >= 0.6 is 0 Å². The number of piperidine rings is 1. The van der Waals surface area contributed by atoms with E-state index in [0.29, 0.717) is 38.5 Å². The van der Waals surface area contributed by atoms with Crippen molar-refractivity contribution >= 4 is 11.8 Å². The first kappa shape index (κ1) is 17.5. The second kappa shape index (κ2) is 7.73. The largest absolute Gasteiger partial charge is 0.355 e. The Hall–Kier alpha value is -1.96. The summed E-state index contributed by atoms with van der Waals surface area (Å²) in [4.78, 5) is 26.7. The standard InChI is InChI=1S/C19H27N5O2/c25-17(24-11-13-4-1-2-5-14(13)12-24)6-3-8-21-19(26)18-15-10-20-9-7-16(15)22-23-18/h1-2,4-5,15-16,18,20,22-23H,3,6-12H2,(H,21,26). The molecule has 26 heavy (non-hydrogen) atoms. The molecule has 1 aromatic rings. The van der Waals surface area contributed by atoms with Gasteiger partial charge >= 0.3 is 0 Å². The van der Waals surface area contributed by atoms with Crippen LogP contribution in [0, 0.1) is 5.92 Å². The van der Waals surface area contributed by atoms with Crippen LogP contribution in [0.4, 0.5) is 0 Å². The fourth-order valence-electron chi connectivity index (χ4n) is 4.20. The fraction of sp³-hybridized carbons (Fsp3) is 0.579. The predicted octanol–water partition coefficient (Wildman–Crippen LogP) is -0.120. The quantitative estimate of drug-likeness (QED) is 0.552. The third-order valence-corrected chi connectivity index (χ3v) is 5.72. The zero-order valence-electron chi connectivity index (χ0n) is 15.0. The highest BCUT2D eigenvalue weighted by molar-refractivity contribution is 5.82. The number of amides is 2. The summed E-state index contributed by atoms with van der Waals surface area (Å²) in [5.74, 6) is 0.468. The summed E-state index contributed by atoms with van der Waals surface area (Å²) in [6, 6.07) is 8.36. The van der Waals surface area contributed by atoms with Gasteiger partial charge in [-0.3, -0.25) is 15.0 Å². The van der Waals surface area contributed by atoms with Crippen LogP contribution in [-0.2, 0) is 22.7 Å². The summed E-state index contributed by atoms with van der Waals surface area (Å²) in [7, 11) is 0. The van der Waals surface area contributed by atoms with Crippen LogP contribution in [0.25, 0.3) is 0 Å². The molecule has 0 saturated carbocycles. The Kier molecular flexibility index (Phi) is 5.19. The summed E-state index contributed by atoms with van der Waals surface area (Å²) in [6.45, 7) is 3.79. The van der Waals surface area contributed by atoms with Gasteiger partial charge in [0, 0.05) is 44.6 Å². The summed E-state index contributed by atoms with van der Waals surface area (Å²) >= 11 is 0. The van der Waals surface area contributed by atoms with Gasteiger partial charge in [0.1, 0.15) is 6.04 Å².